The van der Waals surface area contributed by atoms with Crippen molar-refractivity contribution >= 4 is 17.6 Å². The average molecular weight is 413 g/mol. The van der Waals surface area contributed by atoms with Crippen LogP contribution >= 0.6 is 0 Å². The molecule has 1 aromatic heterocycles. The number of ketones is 1. The number of nitrogens with one attached hydrogen (secondary N) is 3. The van der Waals surface area contributed by atoms with E-state index in [1.807, 2.05) is 30.3 Å². The Balaban J connectivity index is 1.71. The molecule has 2 amide bonds. The molecular weight excluding hydrogens is 390 g/mol. The first-order valence-electron chi connectivity index (χ1n) is 9.46. The third-order valence-corrected chi connectivity index (χ3v) is 4.83. The Hall–Kier alpha value is -3.30. The van der Waals surface area contributed by atoms with Crippen LogP contribution in [0.5, 0.6) is 0 Å². The highest BCUT2D eigenvalue weighted by molar-refractivity contribution is 5.99. The number of aromatic amines is 1. The SMILES string of the molecule is CC1(C(=O)[C@H](Cc2ccccc2)NC(=O)C(CO)NC(=O)c2cccc(=O)[nH]2)CO1. The van der Waals surface area contributed by atoms with Crippen molar-refractivity contribution in [3.63, 3.8) is 0 Å². The number of epoxide rings is 1. The number of aliphatic hydroxyl groups excluding tert-OH is 1. The summed E-state index contributed by atoms with van der Waals surface area (Å²) in [6, 6.07) is 11.0. The minimum Gasteiger partial charge on any atom is -0.394 e. The molecule has 1 aromatic carbocycles. The molecule has 0 aliphatic carbocycles. The van der Waals surface area contributed by atoms with Crippen molar-refractivity contribution in [1.29, 1.82) is 0 Å². The number of hydrogen-bond acceptors (Lipinski definition) is 6. The zero-order valence-electron chi connectivity index (χ0n) is 16.4. The van der Waals surface area contributed by atoms with Crippen LogP contribution in [0.2, 0.25) is 0 Å². The monoisotopic (exact) mass is 413 g/mol. The molecule has 158 valence electrons. The second-order valence-electron chi connectivity index (χ2n) is 7.27. The van der Waals surface area contributed by atoms with Gasteiger partial charge in [0.05, 0.1) is 19.3 Å². The maximum absolute atomic E-state index is 12.8. The number of aromatic nitrogens is 1. The van der Waals surface area contributed by atoms with Crippen LogP contribution in [0.25, 0.3) is 0 Å². The second kappa shape index (κ2) is 9.02. The van der Waals surface area contributed by atoms with E-state index in [0.29, 0.717) is 0 Å². The number of aliphatic hydroxyl groups is 1. The molecule has 0 saturated carbocycles. The van der Waals surface area contributed by atoms with Crippen LogP contribution in [0, 0.1) is 0 Å². The maximum Gasteiger partial charge on any atom is 0.268 e. The molecule has 0 bridgehead atoms. The number of H-pyrrole nitrogens is 1. The van der Waals surface area contributed by atoms with E-state index in [1.165, 1.54) is 18.2 Å². The van der Waals surface area contributed by atoms with Gasteiger partial charge in [-0.3, -0.25) is 19.2 Å². The van der Waals surface area contributed by atoms with Gasteiger partial charge in [-0.2, -0.15) is 0 Å². The summed E-state index contributed by atoms with van der Waals surface area (Å²) in [6.07, 6.45) is 0.239. The number of carbonyl (C=O) groups is 3. The largest absolute Gasteiger partial charge is 0.394 e. The van der Waals surface area contributed by atoms with Crippen molar-refractivity contribution in [2.24, 2.45) is 0 Å². The lowest BCUT2D eigenvalue weighted by Gasteiger charge is -2.23. The number of benzene rings is 1. The van der Waals surface area contributed by atoms with Crippen molar-refractivity contribution < 1.29 is 24.2 Å². The van der Waals surface area contributed by atoms with Gasteiger partial charge in [0, 0.05) is 6.07 Å². The topological polar surface area (TPSA) is 141 Å². The summed E-state index contributed by atoms with van der Waals surface area (Å²) in [5.74, 6) is -1.73. The highest BCUT2D eigenvalue weighted by Gasteiger charge is 2.50. The first-order chi connectivity index (χ1) is 14.3. The number of amides is 2. The zero-order chi connectivity index (χ0) is 21.7. The highest BCUT2D eigenvalue weighted by atomic mass is 16.6. The van der Waals surface area contributed by atoms with Crippen LogP contribution in [-0.4, -0.2) is 58.6 Å². The lowest BCUT2D eigenvalue weighted by molar-refractivity contribution is -0.131. The van der Waals surface area contributed by atoms with Crippen molar-refractivity contribution in [3.05, 3.63) is 70.1 Å². The Bertz CT molecular complexity index is 983. The molecule has 2 unspecified atom stereocenters. The standard InChI is InChI=1S/C21H23N3O6/c1-21(12-30-21)18(27)15(10-13-6-3-2-4-7-13)23-20(29)16(11-25)24-19(28)14-8-5-9-17(26)22-14/h2-9,15-16,25H,10-12H2,1H3,(H,22,26)(H,23,29)(H,24,28)/t15-,16?,21?/m0/s1. The lowest BCUT2D eigenvalue weighted by atomic mass is 9.94. The number of ether oxygens (including phenoxy) is 1. The molecule has 9 nitrogen and oxygen atoms in total. The highest BCUT2D eigenvalue weighted by Crippen LogP contribution is 2.29. The third kappa shape index (κ3) is 5.19. The Kier molecular flexibility index (Phi) is 6.43. The summed E-state index contributed by atoms with van der Waals surface area (Å²) in [5, 5.41) is 14.6. The fourth-order valence-corrected chi connectivity index (χ4v) is 2.96. The van der Waals surface area contributed by atoms with E-state index in [4.69, 9.17) is 4.74 Å². The number of pyridine rings is 1. The Morgan fingerprint density at radius 1 is 1.10 bits per heavy atom. The summed E-state index contributed by atoms with van der Waals surface area (Å²) in [6.45, 7) is 1.24. The first-order valence-corrected chi connectivity index (χ1v) is 9.46. The van der Waals surface area contributed by atoms with E-state index in [1.54, 1.807) is 6.92 Å². The van der Waals surface area contributed by atoms with Gasteiger partial charge in [0.1, 0.15) is 17.3 Å². The van der Waals surface area contributed by atoms with E-state index < -0.39 is 41.7 Å². The smallest absolute Gasteiger partial charge is 0.268 e. The van der Waals surface area contributed by atoms with Crippen molar-refractivity contribution in [2.75, 3.05) is 13.2 Å². The fraction of sp³-hybridized carbons (Fsp3) is 0.333. The zero-order valence-corrected chi connectivity index (χ0v) is 16.4. The molecule has 30 heavy (non-hydrogen) atoms. The predicted molar refractivity (Wildman–Crippen MR) is 107 cm³/mol. The molecule has 0 spiro atoms. The molecule has 3 atom stereocenters. The Labute approximate surface area is 172 Å². The van der Waals surface area contributed by atoms with E-state index in [0.717, 1.165) is 5.56 Å². The fourth-order valence-electron chi connectivity index (χ4n) is 2.96. The summed E-state index contributed by atoms with van der Waals surface area (Å²) in [5.41, 5.74) is -0.635. The molecule has 9 heteroatoms. The van der Waals surface area contributed by atoms with Gasteiger partial charge in [-0.1, -0.05) is 36.4 Å². The lowest BCUT2D eigenvalue weighted by Crippen LogP contribution is -2.55. The molecular formula is C21H23N3O6. The van der Waals surface area contributed by atoms with Crippen LogP contribution in [0.15, 0.2) is 53.3 Å². The van der Waals surface area contributed by atoms with Gasteiger partial charge in [-0.15, -0.1) is 0 Å². The number of hydrogen-bond donors (Lipinski definition) is 4. The molecule has 1 aliphatic heterocycles. The third-order valence-electron chi connectivity index (χ3n) is 4.83. The molecule has 1 saturated heterocycles. The van der Waals surface area contributed by atoms with E-state index in [2.05, 4.69) is 15.6 Å². The van der Waals surface area contributed by atoms with Crippen molar-refractivity contribution in [2.45, 2.75) is 31.0 Å². The molecule has 1 fully saturated rings. The number of rotatable bonds is 9. The Morgan fingerprint density at radius 3 is 2.40 bits per heavy atom. The molecule has 2 aromatic rings. The van der Waals surface area contributed by atoms with Crippen LogP contribution in [0.3, 0.4) is 0 Å². The van der Waals surface area contributed by atoms with Crippen LogP contribution in [-0.2, 0) is 20.7 Å². The molecule has 2 heterocycles. The van der Waals surface area contributed by atoms with E-state index in [9.17, 15) is 24.3 Å². The van der Waals surface area contributed by atoms with Gasteiger partial charge >= 0.3 is 0 Å². The predicted octanol–water partition coefficient (Wildman–Crippen LogP) is -0.449. The summed E-state index contributed by atoms with van der Waals surface area (Å²) < 4.78 is 5.22. The minimum absolute atomic E-state index is 0.0513. The van der Waals surface area contributed by atoms with Gasteiger partial charge in [0.2, 0.25) is 11.5 Å². The summed E-state index contributed by atoms with van der Waals surface area (Å²) >= 11 is 0. The van der Waals surface area contributed by atoms with Crippen molar-refractivity contribution in [3.8, 4) is 0 Å². The second-order valence-corrected chi connectivity index (χ2v) is 7.27. The quantitative estimate of drug-likeness (QED) is 0.411. The van der Waals surface area contributed by atoms with Crippen LogP contribution in [0.1, 0.15) is 23.0 Å². The average Bonchev–Trinajstić information content (AvgIpc) is 3.50. The first kappa shape index (κ1) is 21.4. The summed E-state index contributed by atoms with van der Waals surface area (Å²) in [7, 11) is 0. The van der Waals surface area contributed by atoms with Gasteiger partial charge < -0.3 is 25.5 Å². The number of Topliss-reactive ketones (excluding diaryl/α,β-unsaturated/α-hetero) is 1. The van der Waals surface area contributed by atoms with Gasteiger partial charge in [-0.25, -0.2) is 0 Å². The van der Waals surface area contributed by atoms with E-state index >= 15 is 0 Å². The maximum atomic E-state index is 12.8. The minimum atomic E-state index is -1.31. The van der Waals surface area contributed by atoms with Gasteiger partial charge in [0.25, 0.3) is 5.91 Å². The molecule has 0 radical (unpaired) electrons. The summed E-state index contributed by atoms with van der Waals surface area (Å²) in [4.78, 5) is 51.5. The Morgan fingerprint density at radius 2 is 1.80 bits per heavy atom. The van der Waals surface area contributed by atoms with Crippen LogP contribution < -0.4 is 16.2 Å². The molecule has 1 aliphatic rings. The molecule has 4 N–H and O–H groups in total. The van der Waals surface area contributed by atoms with Crippen LogP contribution in [0.4, 0.5) is 0 Å². The number of carbonyl (C=O) groups excluding carboxylic acids is 3. The van der Waals surface area contributed by atoms with Gasteiger partial charge in [0.15, 0.2) is 5.78 Å². The van der Waals surface area contributed by atoms with Gasteiger partial charge in [-0.05, 0) is 25.0 Å². The van der Waals surface area contributed by atoms with E-state index in [-0.39, 0.29) is 24.5 Å². The molecule has 3 rings (SSSR count). The normalized spacial score (nSPS) is 19.4. The van der Waals surface area contributed by atoms with Crippen molar-refractivity contribution in [1.82, 2.24) is 15.6 Å².